The highest BCUT2D eigenvalue weighted by molar-refractivity contribution is 8.13. The fourth-order valence-electron chi connectivity index (χ4n) is 6.96. The van der Waals surface area contributed by atoms with Crippen LogP contribution in [0.4, 0.5) is 14.7 Å². The number of nitrogens with two attached hydrogens (primary N) is 1. The Labute approximate surface area is 431 Å². The molecular formula is C47H44ClF2N11O8S4. The zero-order valence-electron chi connectivity index (χ0n) is 39.7. The Morgan fingerprint density at radius 1 is 0.644 bits per heavy atom. The second kappa shape index (κ2) is 24.2. The summed E-state index contributed by atoms with van der Waals surface area (Å²) < 4.78 is 99.1. The van der Waals surface area contributed by atoms with Crippen LogP contribution in [0.15, 0.2) is 83.6 Å². The van der Waals surface area contributed by atoms with E-state index in [4.69, 9.17) is 40.6 Å². The number of para-hydroxylation sites is 2. The van der Waals surface area contributed by atoms with Crippen LogP contribution in [0.1, 0.15) is 39.5 Å². The number of anilines is 1. The second-order valence-electron chi connectivity index (χ2n) is 15.3. The molecule has 19 nitrogen and oxygen atoms in total. The second-order valence-corrected chi connectivity index (χ2v) is 22.1. The number of hydrogen-bond donors (Lipinski definition) is 1. The molecular weight excluding hydrogens is 1050 g/mol. The molecule has 8 rings (SSSR count). The number of rotatable bonds is 16. The number of thiazole rings is 2. The number of ether oxygens (including phenoxy) is 4. The molecule has 73 heavy (non-hydrogen) atoms. The van der Waals surface area contributed by atoms with Gasteiger partial charge in [-0.1, -0.05) is 24.3 Å². The Morgan fingerprint density at radius 2 is 1.07 bits per heavy atom. The van der Waals surface area contributed by atoms with Crippen molar-refractivity contribution in [1.82, 2.24) is 39.5 Å². The molecule has 0 saturated carbocycles. The molecule has 2 N–H and O–H groups in total. The molecule has 380 valence electrons. The highest BCUT2D eigenvalue weighted by atomic mass is 35.7. The van der Waals surface area contributed by atoms with E-state index >= 15 is 0 Å². The molecule has 4 aromatic carbocycles. The van der Waals surface area contributed by atoms with E-state index in [1.54, 1.807) is 47.6 Å². The molecule has 0 spiro atoms. The van der Waals surface area contributed by atoms with Gasteiger partial charge in [-0.15, -0.1) is 43.1 Å². The number of nitriles is 2. The largest absolute Gasteiger partial charge is 0.494 e. The lowest BCUT2D eigenvalue weighted by Gasteiger charge is -2.17. The van der Waals surface area contributed by atoms with Crippen molar-refractivity contribution in [3.8, 4) is 68.2 Å². The molecule has 26 heteroatoms. The summed E-state index contributed by atoms with van der Waals surface area (Å²) >= 11 is 2.84. The highest BCUT2D eigenvalue weighted by Crippen LogP contribution is 2.39. The van der Waals surface area contributed by atoms with Gasteiger partial charge in [0.25, 0.3) is 0 Å². The quantitative estimate of drug-likeness (QED) is 0.0898. The van der Waals surface area contributed by atoms with Gasteiger partial charge in [-0.05, 0) is 86.3 Å². The summed E-state index contributed by atoms with van der Waals surface area (Å²) in [6.45, 7) is 3.77. The molecule has 4 heterocycles. The van der Waals surface area contributed by atoms with Gasteiger partial charge in [-0.25, -0.2) is 35.6 Å². The number of nitrogen functional groups attached to an aromatic ring is 1. The van der Waals surface area contributed by atoms with Crippen LogP contribution in [-0.4, -0.2) is 96.3 Å². The number of nitrogens with zero attached hydrogens (tertiary/aromatic N) is 10. The first-order valence-corrected chi connectivity index (χ1v) is 27.3. The average Bonchev–Trinajstić information content (AvgIpc) is 4.19. The van der Waals surface area contributed by atoms with Crippen molar-refractivity contribution in [2.45, 2.75) is 32.4 Å². The highest BCUT2D eigenvalue weighted by Gasteiger charge is 2.27. The minimum absolute atomic E-state index is 0.0517. The van der Waals surface area contributed by atoms with E-state index in [0.717, 1.165) is 28.5 Å². The molecule has 0 aliphatic rings. The van der Waals surface area contributed by atoms with Crippen LogP contribution in [0.5, 0.6) is 23.0 Å². The molecule has 0 amide bonds. The van der Waals surface area contributed by atoms with Crippen LogP contribution in [-0.2, 0) is 37.5 Å². The van der Waals surface area contributed by atoms with Crippen molar-refractivity contribution in [2.75, 3.05) is 45.7 Å². The Balaban J connectivity index is 0.000000199. The van der Waals surface area contributed by atoms with Gasteiger partial charge in [0.15, 0.2) is 37.3 Å². The number of hydrogen-bond acceptors (Lipinski definition) is 19. The zero-order chi connectivity index (χ0) is 53.0. The lowest BCUT2D eigenvalue weighted by atomic mass is 10.1. The van der Waals surface area contributed by atoms with Crippen molar-refractivity contribution < 1.29 is 44.6 Å². The Morgan fingerprint density at radius 3 is 1.48 bits per heavy atom. The third kappa shape index (κ3) is 13.7. The van der Waals surface area contributed by atoms with Crippen LogP contribution in [0.2, 0.25) is 0 Å². The van der Waals surface area contributed by atoms with Crippen molar-refractivity contribution >= 4 is 58.2 Å². The topological polar surface area (TPSA) is 266 Å². The molecule has 8 aromatic rings. The molecule has 0 saturated heterocycles. The predicted octanol–water partition coefficient (Wildman–Crippen LogP) is 7.99. The number of sulfone groups is 1. The smallest absolute Gasteiger partial charge is 0.232 e. The van der Waals surface area contributed by atoms with Gasteiger partial charge in [-0.2, -0.15) is 10.5 Å². The SMILES string of the molecule is COc1cccc(OC)c1-n1c(CS(=O)(=O)CCc2ccc(F)cc2C#N)nnc1-c1nc(C)cs1.COc1cccc(OC)c1-n1c(N)nnc1-c1nc(C)cs1.N#Cc1cc(F)ccc1CCS(=O)(=O)Cl. The number of aryl methyl sites for hydroxylation is 4. The molecule has 0 bridgehead atoms. The Hall–Kier alpha value is -7.55. The monoisotopic (exact) mass is 1090 g/mol. The van der Waals surface area contributed by atoms with Gasteiger partial charge in [0.2, 0.25) is 15.0 Å². The number of methoxy groups -OCH3 is 4. The van der Waals surface area contributed by atoms with E-state index in [-0.39, 0.29) is 47.2 Å². The fourth-order valence-corrected chi connectivity index (χ4v) is 10.5. The number of halogens is 3. The summed E-state index contributed by atoms with van der Waals surface area (Å²) in [6.07, 6.45) is 0.158. The van der Waals surface area contributed by atoms with Gasteiger partial charge >= 0.3 is 0 Å². The van der Waals surface area contributed by atoms with Crippen molar-refractivity contribution in [1.29, 1.82) is 10.5 Å². The predicted molar refractivity (Wildman–Crippen MR) is 272 cm³/mol. The lowest BCUT2D eigenvalue weighted by Crippen LogP contribution is -2.16. The van der Waals surface area contributed by atoms with E-state index < -0.39 is 36.3 Å². The van der Waals surface area contributed by atoms with Crippen molar-refractivity contribution in [2.24, 2.45) is 0 Å². The number of benzene rings is 4. The van der Waals surface area contributed by atoms with E-state index in [1.807, 2.05) is 48.9 Å². The fraction of sp³-hybridized carbons (Fsp3) is 0.234. The van der Waals surface area contributed by atoms with Crippen LogP contribution in [0.25, 0.3) is 33.0 Å². The van der Waals surface area contributed by atoms with E-state index in [9.17, 15) is 30.9 Å². The van der Waals surface area contributed by atoms with Crippen LogP contribution in [0.3, 0.4) is 0 Å². The van der Waals surface area contributed by atoms with E-state index in [2.05, 4.69) is 30.4 Å². The summed E-state index contributed by atoms with van der Waals surface area (Å²) in [5.74, 6) is 1.35. The normalized spacial score (nSPS) is 11.1. The van der Waals surface area contributed by atoms with Gasteiger partial charge in [0.1, 0.15) is 51.8 Å². The summed E-state index contributed by atoms with van der Waals surface area (Å²) in [5, 5.41) is 39.6. The summed E-state index contributed by atoms with van der Waals surface area (Å²) in [6, 6.07) is 21.8. The Bertz CT molecular complexity index is 3530. The zero-order valence-corrected chi connectivity index (χ0v) is 43.7. The molecule has 0 fully saturated rings. The van der Waals surface area contributed by atoms with Crippen molar-refractivity contribution in [3.05, 3.63) is 135 Å². The first kappa shape index (κ1) is 54.8. The van der Waals surface area contributed by atoms with Gasteiger partial charge < -0.3 is 24.7 Å². The minimum atomic E-state index is -3.73. The minimum Gasteiger partial charge on any atom is -0.494 e. The molecule has 0 radical (unpaired) electrons. The van der Waals surface area contributed by atoms with Gasteiger partial charge in [-0.3, -0.25) is 9.13 Å². The molecule has 0 aliphatic carbocycles. The first-order valence-electron chi connectivity index (χ1n) is 21.3. The van der Waals surface area contributed by atoms with E-state index in [0.29, 0.717) is 62.2 Å². The van der Waals surface area contributed by atoms with Crippen LogP contribution >= 0.6 is 33.4 Å². The summed E-state index contributed by atoms with van der Waals surface area (Å²) in [7, 11) is 3.89. The van der Waals surface area contributed by atoms with Crippen LogP contribution in [0, 0.1) is 48.1 Å². The van der Waals surface area contributed by atoms with Gasteiger partial charge in [0, 0.05) is 32.8 Å². The maximum Gasteiger partial charge on any atom is 0.232 e. The van der Waals surface area contributed by atoms with Crippen molar-refractivity contribution in [3.63, 3.8) is 0 Å². The maximum atomic E-state index is 13.5. The standard InChI is InChI=1S/C24H22FN5O4S2.C14H15N5O2S.C9H7ClFNO2S/c1-15-13-35-24(27-15)23-29-28-21(30(23)22-19(33-2)5-4-6-20(22)34-3)14-36(31,32)10-9-16-7-8-18(25)11-17(16)12-26;1-8-7-22-13(16-8)12-17-18-14(15)19(12)11-9(20-2)5-4-6-10(11)21-3;10-15(13,14)4-3-7-1-2-9(11)5-8(7)6-12/h4-8,11,13H,9-10,14H2,1-3H3;4-7H,1-3H3,(H2,15,18);1-2,5H,3-4H2. The summed E-state index contributed by atoms with van der Waals surface area (Å²) in [4.78, 5) is 8.94. The summed E-state index contributed by atoms with van der Waals surface area (Å²) in [5.41, 5.74) is 10.00. The average molecular weight is 1090 g/mol. The Kier molecular flexibility index (Phi) is 18.2. The molecule has 4 aromatic heterocycles. The number of aromatic nitrogens is 8. The molecule has 0 unspecified atom stereocenters. The van der Waals surface area contributed by atoms with Crippen LogP contribution < -0.4 is 24.7 Å². The molecule has 0 aliphatic heterocycles. The van der Waals surface area contributed by atoms with Gasteiger partial charge in [0.05, 0.1) is 63.2 Å². The molecule has 0 atom stereocenters. The lowest BCUT2D eigenvalue weighted by molar-refractivity contribution is 0.390. The maximum absolute atomic E-state index is 13.5. The first-order chi connectivity index (χ1) is 34.8. The third-order valence-corrected chi connectivity index (χ3v) is 14.9. The third-order valence-electron chi connectivity index (χ3n) is 10.3. The van der Waals surface area contributed by atoms with E-state index in [1.165, 1.54) is 61.2 Å².